The van der Waals surface area contributed by atoms with Gasteiger partial charge >= 0.3 is 0 Å². The van der Waals surface area contributed by atoms with Gasteiger partial charge in [-0.15, -0.1) is 10.2 Å². The van der Waals surface area contributed by atoms with Crippen LogP contribution in [0, 0.1) is 6.92 Å². The fraction of sp³-hybridized carbons (Fsp3) is 0.143. The molecular formula is C14H12BrN3. The second-order valence-corrected chi connectivity index (χ2v) is 5.10. The van der Waals surface area contributed by atoms with Crippen molar-refractivity contribution < 1.29 is 0 Å². The molecule has 3 rings (SSSR count). The number of rotatable bonds is 2. The topological polar surface area (TPSA) is 30.2 Å². The van der Waals surface area contributed by atoms with Gasteiger partial charge in [0.15, 0.2) is 5.65 Å². The second-order valence-electron chi connectivity index (χ2n) is 4.25. The summed E-state index contributed by atoms with van der Waals surface area (Å²) in [5.41, 5.74) is 3.27. The van der Waals surface area contributed by atoms with Gasteiger partial charge in [-0.05, 0) is 30.7 Å². The van der Waals surface area contributed by atoms with E-state index < -0.39 is 0 Å². The molecule has 2 aromatic heterocycles. The minimum atomic E-state index is 0.771. The summed E-state index contributed by atoms with van der Waals surface area (Å²) in [7, 11) is 0. The van der Waals surface area contributed by atoms with Crippen LogP contribution in [0.2, 0.25) is 0 Å². The number of fused-ring (bicyclic) bond motifs is 1. The number of aromatic nitrogens is 3. The summed E-state index contributed by atoms with van der Waals surface area (Å²) in [4.78, 5) is 0. The van der Waals surface area contributed by atoms with Crippen molar-refractivity contribution in [1.29, 1.82) is 0 Å². The van der Waals surface area contributed by atoms with Crippen LogP contribution in [0.1, 0.15) is 17.1 Å². The average Bonchev–Trinajstić information content (AvgIpc) is 2.77. The van der Waals surface area contributed by atoms with E-state index in [0.29, 0.717) is 0 Å². The molecule has 0 N–H and O–H groups in total. The summed E-state index contributed by atoms with van der Waals surface area (Å²) < 4.78 is 3.20. The molecule has 0 bridgehead atoms. The molecule has 0 radical (unpaired) electrons. The molecule has 0 amide bonds. The Morgan fingerprint density at radius 1 is 1.06 bits per heavy atom. The molecule has 90 valence electrons. The van der Waals surface area contributed by atoms with Gasteiger partial charge in [0.2, 0.25) is 0 Å². The molecule has 18 heavy (non-hydrogen) atoms. The molecule has 0 atom stereocenters. The lowest BCUT2D eigenvalue weighted by Crippen LogP contribution is -1.99. The Morgan fingerprint density at radius 3 is 2.72 bits per heavy atom. The molecule has 0 aliphatic heterocycles. The van der Waals surface area contributed by atoms with Crippen molar-refractivity contribution in [2.45, 2.75) is 13.3 Å². The number of pyridine rings is 1. The van der Waals surface area contributed by atoms with Crippen molar-refractivity contribution in [2.75, 3.05) is 0 Å². The molecule has 0 fully saturated rings. The van der Waals surface area contributed by atoms with Gasteiger partial charge in [-0.3, -0.25) is 4.40 Å². The molecule has 2 heterocycles. The van der Waals surface area contributed by atoms with Gasteiger partial charge in [0.1, 0.15) is 5.82 Å². The van der Waals surface area contributed by atoms with E-state index in [0.717, 1.165) is 28.1 Å². The zero-order valence-corrected chi connectivity index (χ0v) is 11.6. The first-order chi connectivity index (χ1) is 8.75. The van der Waals surface area contributed by atoms with E-state index in [1.54, 1.807) is 0 Å². The van der Waals surface area contributed by atoms with Gasteiger partial charge in [0.25, 0.3) is 0 Å². The van der Waals surface area contributed by atoms with Gasteiger partial charge in [0.05, 0.1) is 0 Å². The summed E-state index contributed by atoms with van der Waals surface area (Å²) in [5, 5.41) is 8.49. The first kappa shape index (κ1) is 11.4. The lowest BCUT2D eigenvalue weighted by Gasteiger charge is -2.05. The Hall–Kier alpha value is -1.68. The third-order valence-electron chi connectivity index (χ3n) is 3.00. The zero-order chi connectivity index (χ0) is 12.5. The van der Waals surface area contributed by atoms with E-state index in [-0.39, 0.29) is 0 Å². The van der Waals surface area contributed by atoms with Crippen molar-refractivity contribution in [3.05, 3.63) is 64.0 Å². The Labute approximate surface area is 114 Å². The van der Waals surface area contributed by atoms with Crippen LogP contribution in [0.3, 0.4) is 0 Å². The van der Waals surface area contributed by atoms with E-state index in [9.17, 15) is 0 Å². The van der Waals surface area contributed by atoms with Crippen LogP contribution in [0.15, 0.2) is 46.9 Å². The quantitative estimate of drug-likeness (QED) is 0.726. The molecule has 0 aliphatic rings. The van der Waals surface area contributed by atoms with Crippen LogP contribution in [0.4, 0.5) is 0 Å². The highest BCUT2D eigenvalue weighted by atomic mass is 79.9. The minimum Gasteiger partial charge on any atom is -0.283 e. The Bertz CT molecular complexity index is 703. The highest BCUT2D eigenvalue weighted by molar-refractivity contribution is 9.10. The largest absolute Gasteiger partial charge is 0.283 e. The van der Waals surface area contributed by atoms with Crippen molar-refractivity contribution in [3.8, 4) is 0 Å². The first-order valence-electron chi connectivity index (χ1n) is 5.79. The third-order valence-corrected chi connectivity index (χ3v) is 3.77. The van der Waals surface area contributed by atoms with Crippen LogP contribution >= 0.6 is 15.9 Å². The second kappa shape index (κ2) is 4.53. The summed E-state index contributed by atoms with van der Waals surface area (Å²) >= 11 is 3.57. The average molecular weight is 302 g/mol. The Kier molecular flexibility index (Phi) is 2.88. The van der Waals surface area contributed by atoms with Crippen LogP contribution < -0.4 is 0 Å². The number of benzene rings is 1. The van der Waals surface area contributed by atoms with Gasteiger partial charge in [0, 0.05) is 16.6 Å². The number of hydrogen-bond acceptors (Lipinski definition) is 2. The van der Waals surface area contributed by atoms with Crippen molar-refractivity contribution in [2.24, 2.45) is 0 Å². The molecule has 0 saturated carbocycles. The van der Waals surface area contributed by atoms with Crippen molar-refractivity contribution in [1.82, 2.24) is 14.6 Å². The lowest BCUT2D eigenvalue weighted by atomic mass is 10.1. The monoisotopic (exact) mass is 301 g/mol. The van der Waals surface area contributed by atoms with Crippen LogP contribution in [-0.4, -0.2) is 14.6 Å². The molecule has 3 nitrogen and oxygen atoms in total. The molecular weight excluding hydrogens is 290 g/mol. The minimum absolute atomic E-state index is 0.771. The molecule has 0 saturated heterocycles. The number of hydrogen-bond donors (Lipinski definition) is 0. The zero-order valence-electron chi connectivity index (χ0n) is 9.97. The summed E-state index contributed by atoms with van der Waals surface area (Å²) in [6.07, 6.45) is 0.771. The van der Waals surface area contributed by atoms with Crippen molar-refractivity contribution >= 4 is 21.6 Å². The fourth-order valence-electron chi connectivity index (χ4n) is 2.10. The van der Waals surface area contributed by atoms with Gasteiger partial charge in [-0.25, -0.2) is 0 Å². The van der Waals surface area contributed by atoms with Gasteiger partial charge in [-0.1, -0.05) is 40.2 Å². The number of nitrogens with zero attached hydrogens (tertiary/aromatic N) is 3. The van der Waals surface area contributed by atoms with E-state index in [1.165, 1.54) is 5.56 Å². The van der Waals surface area contributed by atoms with E-state index in [1.807, 2.05) is 30.3 Å². The van der Waals surface area contributed by atoms with E-state index in [2.05, 4.69) is 49.6 Å². The van der Waals surface area contributed by atoms with Crippen molar-refractivity contribution in [3.63, 3.8) is 0 Å². The normalized spacial score (nSPS) is 11.0. The highest BCUT2D eigenvalue weighted by Gasteiger charge is 2.09. The molecule has 1 aromatic carbocycles. The Balaban J connectivity index is 2.09. The van der Waals surface area contributed by atoms with Crippen LogP contribution in [0.5, 0.6) is 0 Å². The fourth-order valence-corrected chi connectivity index (χ4v) is 2.52. The predicted molar refractivity (Wildman–Crippen MR) is 74.7 cm³/mol. The summed E-state index contributed by atoms with van der Waals surface area (Å²) in [5.74, 6) is 0.968. The third kappa shape index (κ3) is 1.93. The molecule has 0 aliphatic carbocycles. The number of aryl methyl sites for hydroxylation is 1. The van der Waals surface area contributed by atoms with Gasteiger partial charge in [-0.2, -0.15) is 0 Å². The lowest BCUT2D eigenvalue weighted by molar-refractivity contribution is 0.912. The first-order valence-corrected chi connectivity index (χ1v) is 6.58. The molecule has 4 heteroatoms. The molecule has 3 aromatic rings. The van der Waals surface area contributed by atoms with E-state index >= 15 is 0 Å². The smallest absolute Gasteiger partial charge is 0.160 e. The SMILES string of the molecule is Cc1cccc2nnc(Cc3ccccc3Br)n12. The molecule has 0 spiro atoms. The standard InChI is InChI=1S/C14H12BrN3/c1-10-5-4-8-13-16-17-14(18(10)13)9-11-6-2-3-7-12(11)15/h2-8H,9H2,1H3. The Morgan fingerprint density at radius 2 is 1.89 bits per heavy atom. The maximum Gasteiger partial charge on any atom is 0.160 e. The summed E-state index contributed by atoms with van der Waals surface area (Å²) in [6, 6.07) is 14.2. The number of halogens is 1. The summed E-state index contributed by atoms with van der Waals surface area (Å²) in [6.45, 7) is 2.07. The maximum atomic E-state index is 4.28. The highest BCUT2D eigenvalue weighted by Crippen LogP contribution is 2.19. The molecule has 0 unspecified atom stereocenters. The maximum absolute atomic E-state index is 4.28. The van der Waals surface area contributed by atoms with Crippen LogP contribution in [0.25, 0.3) is 5.65 Å². The predicted octanol–water partition coefficient (Wildman–Crippen LogP) is 3.39. The van der Waals surface area contributed by atoms with Crippen LogP contribution in [-0.2, 0) is 6.42 Å². The van der Waals surface area contributed by atoms with E-state index in [4.69, 9.17) is 0 Å². The van der Waals surface area contributed by atoms with Gasteiger partial charge < -0.3 is 0 Å².